The van der Waals surface area contributed by atoms with E-state index >= 15 is 0 Å². The van der Waals surface area contributed by atoms with Gasteiger partial charge in [-0.05, 0) is 47.7 Å². The number of H-pyrrole nitrogens is 1. The maximum atomic E-state index is 13.7. The lowest BCUT2D eigenvalue weighted by Crippen LogP contribution is -2.12. The molecule has 1 atom stereocenters. The molecule has 1 unspecified atom stereocenters. The van der Waals surface area contributed by atoms with Crippen molar-refractivity contribution in [3.8, 4) is 0 Å². The number of nitrogens with one attached hydrogen (secondary N) is 1. The lowest BCUT2D eigenvalue weighted by molar-refractivity contribution is 0.0977. The van der Waals surface area contributed by atoms with Crippen molar-refractivity contribution < 1.29 is 9.18 Å². The Morgan fingerprint density at radius 2 is 1.89 bits per heavy atom. The lowest BCUT2D eigenvalue weighted by Gasteiger charge is -2.20. The molecule has 1 heterocycles. The maximum Gasteiger partial charge on any atom is 0.247 e. The molecule has 1 aromatic heterocycles. The third-order valence-electron chi connectivity index (χ3n) is 4.34. The van der Waals surface area contributed by atoms with Crippen LogP contribution >= 0.6 is 27.7 Å². The molecule has 0 radical (unpaired) electrons. The van der Waals surface area contributed by atoms with Gasteiger partial charge in [-0.1, -0.05) is 34.1 Å². The van der Waals surface area contributed by atoms with Gasteiger partial charge in [0.15, 0.2) is 5.78 Å². The minimum absolute atomic E-state index is 0.0875. The van der Waals surface area contributed by atoms with Gasteiger partial charge in [0, 0.05) is 39.5 Å². The minimum Gasteiger partial charge on any atom is -0.328 e. The van der Waals surface area contributed by atoms with Crippen LogP contribution in [0.3, 0.4) is 0 Å². The summed E-state index contributed by atoms with van der Waals surface area (Å²) in [6, 6.07) is 15.3. The number of aromatic nitrogens is 1. The van der Waals surface area contributed by atoms with Crippen molar-refractivity contribution in [3.05, 3.63) is 98.1 Å². The lowest BCUT2D eigenvalue weighted by atomic mass is 9.86. The zero-order chi connectivity index (χ0) is 19.4. The van der Waals surface area contributed by atoms with E-state index in [1.807, 2.05) is 30.5 Å². The van der Waals surface area contributed by atoms with Crippen LogP contribution in [0.1, 0.15) is 33.8 Å². The van der Waals surface area contributed by atoms with Crippen LogP contribution in [0.4, 0.5) is 4.39 Å². The first-order valence-corrected chi connectivity index (χ1v) is 10.3. The van der Waals surface area contributed by atoms with E-state index in [0.717, 1.165) is 20.5 Å². The number of Topliss-reactive ketones (excluding diaryl/α,β-unsaturated/α-hetero) is 1. The Hall–Kier alpha value is -2.18. The van der Waals surface area contributed by atoms with Gasteiger partial charge in [0.05, 0.1) is 0 Å². The van der Waals surface area contributed by atoms with Gasteiger partial charge in [0.1, 0.15) is 5.82 Å². The van der Waals surface area contributed by atoms with E-state index in [4.69, 9.17) is 0 Å². The Balaban J connectivity index is 2.02. The SMILES string of the molecule is CSc1cc(F)ccc1C(CC(=O)c1ccc(=O)[nH]c1)c1ccc(Br)cc1. The number of pyridine rings is 1. The van der Waals surface area contributed by atoms with E-state index in [1.165, 1.54) is 42.2 Å². The first-order valence-electron chi connectivity index (χ1n) is 8.29. The summed E-state index contributed by atoms with van der Waals surface area (Å²) in [4.78, 5) is 27.4. The van der Waals surface area contributed by atoms with E-state index in [2.05, 4.69) is 20.9 Å². The van der Waals surface area contributed by atoms with Gasteiger partial charge < -0.3 is 4.98 Å². The van der Waals surface area contributed by atoms with Crippen molar-refractivity contribution in [2.45, 2.75) is 17.2 Å². The van der Waals surface area contributed by atoms with E-state index < -0.39 is 0 Å². The molecule has 0 saturated heterocycles. The van der Waals surface area contributed by atoms with E-state index in [9.17, 15) is 14.0 Å². The molecule has 6 heteroatoms. The molecule has 0 spiro atoms. The third kappa shape index (κ3) is 4.76. The fourth-order valence-electron chi connectivity index (χ4n) is 2.96. The van der Waals surface area contributed by atoms with Crippen molar-refractivity contribution >= 4 is 33.5 Å². The monoisotopic (exact) mass is 445 g/mol. The Kier molecular flexibility index (Phi) is 6.29. The molecule has 138 valence electrons. The van der Waals surface area contributed by atoms with Crippen LogP contribution in [0.25, 0.3) is 0 Å². The molecular formula is C21H17BrFNO2S. The Morgan fingerprint density at radius 3 is 2.52 bits per heavy atom. The summed E-state index contributed by atoms with van der Waals surface area (Å²) in [5.41, 5.74) is 2.07. The highest BCUT2D eigenvalue weighted by Gasteiger charge is 2.22. The number of ketones is 1. The molecule has 0 fully saturated rings. The summed E-state index contributed by atoms with van der Waals surface area (Å²) in [5, 5.41) is 0. The predicted octanol–water partition coefficient (Wildman–Crippen LogP) is 5.40. The quantitative estimate of drug-likeness (QED) is 0.407. The van der Waals surface area contributed by atoms with Gasteiger partial charge in [-0.2, -0.15) is 0 Å². The van der Waals surface area contributed by atoms with Gasteiger partial charge in [0.2, 0.25) is 5.56 Å². The first-order chi connectivity index (χ1) is 13.0. The second-order valence-electron chi connectivity index (χ2n) is 6.06. The molecule has 27 heavy (non-hydrogen) atoms. The van der Waals surface area contributed by atoms with Crippen molar-refractivity contribution in [1.29, 1.82) is 0 Å². The molecule has 3 rings (SSSR count). The van der Waals surface area contributed by atoms with Gasteiger partial charge in [0.25, 0.3) is 0 Å². The fourth-order valence-corrected chi connectivity index (χ4v) is 3.90. The average Bonchev–Trinajstić information content (AvgIpc) is 2.67. The summed E-state index contributed by atoms with van der Waals surface area (Å²) >= 11 is 4.88. The Bertz CT molecular complexity index is 997. The predicted molar refractivity (Wildman–Crippen MR) is 110 cm³/mol. The molecule has 0 bridgehead atoms. The summed E-state index contributed by atoms with van der Waals surface area (Å²) in [6.45, 7) is 0. The Labute approximate surface area is 169 Å². The van der Waals surface area contributed by atoms with Crippen molar-refractivity contribution in [2.75, 3.05) is 6.26 Å². The number of benzene rings is 2. The highest BCUT2D eigenvalue weighted by Crippen LogP contribution is 2.36. The fraction of sp³-hybridized carbons (Fsp3) is 0.143. The van der Waals surface area contributed by atoms with Crippen LogP contribution in [0, 0.1) is 5.82 Å². The zero-order valence-corrected chi connectivity index (χ0v) is 16.9. The molecule has 0 amide bonds. The summed E-state index contributed by atoms with van der Waals surface area (Å²) in [7, 11) is 0. The van der Waals surface area contributed by atoms with Crippen LogP contribution in [-0.4, -0.2) is 17.0 Å². The highest BCUT2D eigenvalue weighted by molar-refractivity contribution is 9.10. The maximum absolute atomic E-state index is 13.7. The summed E-state index contributed by atoms with van der Waals surface area (Å²) in [5.74, 6) is -0.610. The zero-order valence-electron chi connectivity index (χ0n) is 14.5. The van der Waals surface area contributed by atoms with Gasteiger partial charge >= 0.3 is 0 Å². The largest absolute Gasteiger partial charge is 0.328 e. The molecule has 2 aromatic carbocycles. The van der Waals surface area contributed by atoms with Crippen molar-refractivity contribution in [3.63, 3.8) is 0 Å². The molecule has 0 aliphatic heterocycles. The van der Waals surface area contributed by atoms with Crippen LogP contribution < -0.4 is 5.56 Å². The second kappa shape index (κ2) is 8.67. The number of hydrogen-bond donors (Lipinski definition) is 1. The second-order valence-corrected chi connectivity index (χ2v) is 7.82. The van der Waals surface area contributed by atoms with Gasteiger partial charge in [-0.3, -0.25) is 9.59 Å². The topological polar surface area (TPSA) is 49.9 Å². The molecule has 1 N–H and O–H groups in total. The number of halogens is 2. The standard InChI is InChI=1S/C21H17BrFNO2S/c1-27-20-10-16(23)7-8-17(20)18(13-2-5-15(22)6-3-13)11-19(25)14-4-9-21(26)24-12-14/h2-10,12,18H,11H2,1H3,(H,24,26). The number of aromatic amines is 1. The van der Waals surface area contributed by atoms with E-state index in [-0.39, 0.29) is 29.5 Å². The number of hydrogen-bond acceptors (Lipinski definition) is 3. The van der Waals surface area contributed by atoms with Crippen molar-refractivity contribution in [1.82, 2.24) is 4.98 Å². The van der Waals surface area contributed by atoms with Crippen LogP contribution in [0.5, 0.6) is 0 Å². The number of thioether (sulfide) groups is 1. The number of rotatable bonds is 6. The van der Waals surface area contributed by atoms with Gasteiger partial charge in [-0.15, -0.1) is 11.8 Å². The van der Waals surface area contributed by atoms with Crippen molar-refractivity contribution in [2.24, 2.45) is 0 Å². The molecular weight excluding hydrogens is 429 g/mol. The highest BCUT2D eigenvalue weighted by atomic mass is 79.9. The molecule has 3 nitrogen and oxygen atoms in total. The smallest absolute Gasteiger partial charge is 0.247 e. The van der Waals surface area contributed by atoms with Crippen LogP contribution in [0.15, 0.2) is 75.0 Å². The Morgan fingerprint density at radius 1 is 1.15 bits per heavy atom. The molecule has 0 saturated carbocycles. The summed E-state index contributed by atoms with van der Waals surface area (Å²) < 4.78 is 14.6. The molecule has 0 aliphatic rings. The summed E-state index contributed by atoms with van der Waals surface area (Å²) in [6.07, 6.45) is 3.54. The first kappa shape index (κ1) is 19.6. The van der Waals surface area contributed by atoms with Gasteiger partial charge in [-0.25, -0.2) is 4.39 Å². The minimum atomic E-state index is -0.301. The average molecular weight is 446 g/mol. The number of carbonyl (C=O) groups is 1. The molecule has 3 aromatic rings. The normalized spacial score (nSPS) is 12.0. The van der Waals surface area contributed by atoms with Crippen LogP contribution in [0.2, 0.25) is 0 Å². The van der Waals surface area contributed by atoms with E-state index in [1.54, 1.807) is 6.07 Å². The van der Waals surface area contributed by atoms with Crippen LogP contribution in [-0.2, 0) is 0 Å². The molecule has 0 aliphatic carbocycles. The third-order valence-corrected chi connectivity index (χ3v) is 5.66. The number of carbonyl (C=O) groups excluding carboxylic acids is 1. The van der Waals surface area contributed by atoms with E-state index in [0.29, 0.717) is 5.56 Å².